The zero-order valence-corrected chi connectivity index (χ0v) is 8.60. The van der Waals surface area contributed by atoms with Crippen LogP contribution in [0.2, 0.25) is 0 Å². The van der Waals surface area contributed by atoms with E-state index in [1.54, 1.807) is 6.92 Å². The fraction of sp³-hybridized carbons (Fsp3) is 0.0909. The summed E-state index contributed by atoms with van der Waals surface area (Å²) in [5.41, 5.74) is -0.179. The molecule has 1 rings (SSSR count). The normalized spacial score (nSPS) is 10.3. The van der Waals surface area contributed by atoms with Crippen LogP contribution in [-0.4, -0.2) is 22.1 Å². The number of amides is 1. The molecule has 0 saturated carbocycles. The molecule has 0 heterocycles. The maximum Gasteiger partial charge on any atom is 0.339 e. The van der Waals surface area contributed by atoms with Crippen LogP contribution in [0.4, 0.5) is 5.69 Å². The van der Waals surface area contributed by atoms with Crippen LogP contribution in [0.1, 0.15) is 17.3 Å². The molecule has 0 aliphatic rings. The van der Waals surface area contributed by atoms with Crippen molar-refractivity contribution in [3.63, 3.8) is 0 Å². The van der Waals surface area contributed by atoms with E-state index in [9.17, 15) is 14.7 Å². The van der Waals surface area contributed by atoms with Gasteiger partial charge < -0.3 is 15.5 Å². The minimum Gasteiger partial charge on any atom is -0.505 e. The molecule has 0 aromatic heterocycles. The molecule has 5 nitrogen and oxygen atoms in total. The van der Waals surface area contributed by atoms with Crippen molar-refractivity contribution in [2.45, 2.75) is 6.92 Å². The highest BCUT2D eigenvalue weighted by atomic mass is 16.4. The summed E-state index contributed by atoms with van der Waals surface area (Å²) in [5, 5.41) is 20.7. The van der Waals surface area contributed by atoms with Crippen molar-refractivity contribution in [1.82, 2.24) is 0 Å². The fourth-order valence-corrected chi connectivity index (χ4v) is 1.14. The number of allylic oxidation sites excluding steroid dienone is 1. The third kappa shape index (κ3) is 2.60. The molecule has 0 radical (unpaired) electrons. The Morgan fingerprint density at radius 1 is 1.38 bits per heavy atom. The van der Waals surface area contributed by atoms with Gasteiger partial charge in [-0.25, -0.2) is 4.79 Å². The number of carboxylic acids is 1. The highest BCUT2D eigenvalue weighted by molar-refractivity contribution is 6.02. The van der Waals surface area contributed by atoms with E-state index in [1.165, 1.54) is 30.4 Å². The molecular formula is C11H11NO4. The third-order valence-corrected chi connectivity index (χ3v) is 1.84. The first kappa shape index (κ1) is 11.8. The van der Waals surface area contributed by atoms with E-state index in [2.05, 4.69) is 5.32 Å². The van der Waals surface area contributed by atoms with Gasteiger partial charge in [-0.3, -0.25) is 4.79 Å². The maximum atomic E-state index is 11.2. The van der Waals surface area contributed by atoms with E-state index < -0.39 is 17.6 Å². The first-order chi connectivity index (χ1) is 7.56. The number of carbonyl (C=O) groups excluding carboxylic acids is 1. The molecule has 0 fully saturated rings. The summed E-state index contributed by atoms with van der Waals surface area (Å²) in [5.74, 6) is -2.13. The number of rotatable bonds is 3. The van der Waals surface area contributed by atoms with Crippen LogP contribution in [-0.2, 0) is 4.79 Å². The van der Waals surface area contributed by atoms with E-state index in [-0.39, 0.29) is 11.3 Å². The number of aromatic hydroxyl groups is 1. The number of para-hydroxylation sites is 1. The second-order valence-electron chi connectivity index (χ2n) is 3.00. The Bertz CT molecular complexity index is 451. The maximum absolute atomic E-state index is 11.2. The number of phenols is 1. The van der Waals surface area contributed by atoms with Crippen molar-refractivity contribution in [1.29, 1.82) is 0 Å². The van der Waals surface area contributed by atoms with Gasteiger partial charge in [-0.05, 0) is 25.1 Å². The number of benzene rings is 1. The summed E-state index contributed by atoms with van der Waals surface area (Å²) in [6.45, 7) is 1.67. The Labute approximate surface area is 92.0 Å². The second-order valence-corrected chi connectivity index (χ2v) is 3.00. The molecule has 0 aliphatic carbocycles. The molecule has 0 atom stereocenters. The SMILES string of the molecule is C/C=C/C(=O)Nc1cccc(C(=O)O)c1O. The molecule has 1 aromatic rings. The standard InChI is InChI=1S/C11H11NO4/c1-2-4-9(13)12-8-6-3-5-7(10(8)14)11(15)16/h2-6,14H,1H3,(H,12,13)(H,15,16)/b4-2+. The van der Waals surface area contributed by atoms with E-state index in [0.717, 1.165) is 0 Å². The molecular weight excluding hydrogens is 210 g/mol. The predicted molar refractivity (Wildman–Crippen MR) is 58.5 cm³/mol. The molecule has 16 heavy (non-hydrogen) atoms. The van der Waals surface area contributed by atoms with Crippen molar-refractivity contribution in [2.75, 3.05) is 5.32 Å². The van der Waals surface area contributed by atoms with E-state index in [1.807, 2.05) is 0 Å². The van der Waals surface area contributed by atoms with Gasteiger partial charge >= 0.3 is 5.97 Å². The number of carbonyl (C=O) groups is 2. The number of nitrogens with one attached hydrogen (secondary N) is 1. The highest BCUT2D eigenvalue weighted by Crippen LogP contribution is 2.27. The summed E-state index contributed by atoms with van der Waals surface area (Å²) >= 11 is 0. The topological polar surface area (TPSA) is 86.6 Å². The Hall–Kier alpha value is -2.30. The van der Waals surface area contributed by atoms with Gasteiger partial charge in [0, 0.05) is 0 Å². The van der Waals surface area contributed by atoms with Gasteiger partial charge in [-0.2, -0.15) is 0 Å². The zero-order chi connectivity index (χ0) is 12.1. The first-order valence-corrected chi connectivity index (χ1v) is 4.55. The van der Waals surface area contributed by atoms with Crippen molar-refractivity contribution in [3.05, 3.63) is 35.9 Å². The van der Waals surface area contributed by atoms with Gasteiger partial charge in [-0.1, -0.05) is 12.1 Å². The molecule has 0 unspecified atom stereocenters. The molecule has 0 bridgehead atoms. The molecule has 3 N–H and O–H groups in total. The number of aromatic carboxylic acids is 1. The van der Waals surface area contributed by atoms with E-state index in [4.69, 9.17) is 5.11 Å². The number of hydrogen-bond acceptors (Lipinski definition) is 3. The number of carboxylic acid groups (broad SMARTS) is 1. The predicted octanol–water partition coefficient (Wildman–Crippen LogP) is 1.60. The van der Waals surface area contributed by atoms with E-state index in [0.29, 0.717) is 0 Å². The largest absolute Gasteiger partial charge is 0.505 e. The summed E-state index contributed by atoms with van der Waals surface area (Å²) < 4.78 is 0. The van der Waals surface area contributed by atoms with Crippen LogP contribution in [0, 0.1) is 0 Å². The summed E-state index contributed by atoms with van der Waals surface area (Å²) in [6, 6.07) is 4.11. The highest BCUT2D eigenvalue weighted by Gasteiger charge is 2.13. The molecule has 0 spiro atoms. The molecule has 5 heteroatoms. The van der Waals surface area contributed by atoms with Gasteiger partial charge in [0.25, 0.3) is 0 Å². The summed E-state index contributed by atoms with van der Waals surface area (Å²) in [4.78, 5) is 21.9. The molecule has 1 aromatic carbocycles. The first-order valence-electron chi connectivity index (χ1n) is 4.55. The van der Waals surface area contributed by atoms with E-state index >= 15 is 0 Å². The lowest BCUT2D eigenvalue weighted by molar-refractivity contribution is -0.111. The van der Waals surface area contributed by atoms with Crippen LogP contribution in [0.5, 0.6) is 5.75 Å². The minimum absolute atomic E-state index is 0.0722. The Morgan fingerprint density at radius 2 is 2.06 bits per heavy atom. The molecule has 0 aliphatic heterocycles. The number of hydrogen-bond donors (Lipinski definition) is 3. The summed E-state index contributed by atoms with van der Waals surface area (Å²) in [7, 11) is 0. The monoisotopic (exact) mass is 221 g/mol. The molecule has 84 valence electrons. The molecule has 0 saturated heterocycles. The minimum atomic E-state index is -1.25. The van der Waals surface area contributed by atoms with Gasteiger partial charge in [0.2, 0.25) is 5.91 Å². The van der Waals surface area contributed by atoms with Crippen molar-refractivity contribution in [2.24, 2.45) is 0 Å². The average molecular weight is 221 g/mol. The van der Waals surface area contributed by atoms with Gasteiger partial charge in [0.15, 0.2) is 5.75 Å². The number of anilines is 1. The van der Waals surface area contributed by atoms with Crippen LogP contribution in [0.25, 0.3) is 0 Å². The fourth-order valence-electron chi connectivity index (χ4n) is 1.14. The average Bonchev–Trinajstić information content (AvgIpc) is 2.21. The Kier molecular flexibility index (Phi) is 3.66. The Balaban J connectivity index is 3.02. The molecule has 1 amide bonds. The van der Waals surface area contributed by atoms with Crippen LogP contribution in [0.3, 0.4) is 0 Å². The van der Waals surface area contributed by atoms with Gasteiger partial charge in [0.1, 0.15) is 5.56 Å². The lowest BCUT2D eigenvalue weighted by Gasteiger charge is -2.06. The van der Waals surface area contributed by atoms with Crippen LogP contribution in [0.15, 0.2) is 30.4 Å². The second kappa shape index (κ2) is 4.97. The van der Waals surface area contributed by atoms with Crippen molar-refractivity contribution in [3.8, 4) is 5.75 Å². The quantitative estimate of drug-likeness (QED) is 0.534. The lowest BCUT2D eigenvalue weighted by Crippen LogP contribution is -2.09. The van der Waals surface area contributed by atoms with Crippen molar-refractivity contribution >= 4 is 17.6 Å². The van der Waals surface area contributed by atoms with Gasteiger partial charge in [-0.15, -0.1) is 0 Å². The zero-order valence-electron chi connectivity index (χ0n) is 8.60. The lowest BCUT2D eigenvalue weighted by atomic mass is 10.1. The van der Waals surface area contributed by atoms with Crippen molar-refractivity contribution < 1.29 is 19.8 Å². The summed E-state index contributed by atoms with van der Waals surface area (Å²) in [6.07, 6.45) is 2.81. The third-order valence-electron chi connectivity index (χ3n) is 1.84. The van der Waals surface area contributed by atoms with Crippen LogP contribution >= 0.6 is 0 Å². The Morgan fingerprint density at radius 3 is 2.62 bits per heavy atom. The van der Waals surface area contributed by atoms with Crippen LogP contribution < -0.4 is 5.32 Å². The smallest absolute Gasteiger partial charge is 0.339 e. The van der Waals surface area contributed by atoms with Gasteiger partial charge in [0.05, 0.1) is 5.69 Å².